The highest BCUT2D eigenvalue weighted by atomic mass is 16.7. The predicted molar refractivity (Wildman–Crippen MR) is 177 cm³/mol. The molecule has 0 amide bonds. The summed E-state index contributed by atoms with van der Waals surface area (Å²) in [7, 11) is 0. The number of aliphatic hydroxyl groups is 3. The molecule has 290 valence electrons. The lowest BCUT2D eigenvalue weighted by molar-refractivity contribution is -0.285. The Morgan fingerprint density at radius 2 is 0.929 bits per heavy atom. The predicted octanol–water partition coefficient (Wildman–Crippen LogP) is 0.0152. The summed E-state index contributed by atoms with van der Waals surface area (Å²) >= 11 is 0. The second kappa shape index (κ2) is 11.8. The number of benzene rings is 4. The minimum Gasteiger partial charge on any atom is -0.504 e. The number of cyclic esters (lactones) is 1. The van der Waals surface area contributed by atoms with Gasteiger partial charge in [0, 0.05) is 33.0 Å². The molecule has 22 heteroatoms. The van der Waals surface area contributed by atoms with Gasteiger partial charge in [-0.3, -0.25) is 0 Å². The first-order valence-corrected chi connectivity index (χ1v) is 15.7. The first-order valence-electron chi connectivity index (χ1n) is 15.7. The fourth-order valence-electron chi connectivity index (χ4n) is 7.00. The highest BCUT2D eigenvalue weighted by molar-refractivity contribution is 6.29. The summed E-state index contributed by atoms with van der Waals surface area (Å²) in [4.78, 5) is 55.4. The Labute approximate surface area is 304 Å². The number of esters is 2. The molecule has 0 spiro atoms. The van der Waals surface area contributed by atoms with Gasteiger partial charge in [-0.25, -0.2) is 19.2 Å². The Kier molecular flexibility index (Phi) is 7.50. The van der Waals surface area contributed by atoms with Crippen molar-refractivity contribution in [2.24, 2.45) is 0 Å². The third kappa shape index (κ3) is 4.57. The number of phenols is 10. The molecule has 1 saturated heterocycles. The number of carbonyl (C=O) groups excluding carboxylic acids is 2. The van der Waals surface area contributed by atoms with Crippen LogP contribution >= 0.6 is 0 Å². The van der Waals surface area contributed by atoms with Gasteiger partial charge in [-0.15, -0.1) is 0 Å². The van der Waals surface area contributed by atoms with E-state index in [0.717, 1.165) is 0 Å². The Morgan fingerprint density at radius 1 is 0.500 bits per heavy atom. The van der Waals surface area contributed by atoms with Crippen molar-refractivity contribution in [3.63, 3.8) is 0 Å². The van der Waals surface area contributed by atoms with E-state index in [4.69, 9.17) is 23.0 Å². The van der Waals surface area contributed by atoms with Crippen molar-refractivity contribution in [2.75, 3.05) is 6.61 Å². The van der Waals surface area contributed by atoms with Crippen molar-refractivity contribution in [3.8, 4) is 79.7 Å². The van der Waals surface area contributed by atoms with E-state index in [2.05, 4.69) is 0 Å². The van der Waals surface area contributed by atoms with E-state index in [1.54, 1.807) is 0 Å². The number of aromatic hydroxyl groups is 10. The SMILES string of the molecule is O=C1OC[C@@H]2OC(O)[C@@H](O)[C@H](O)[C@H]2OC(=O)c2cc(O)c(O)c(O)c2-c2c(O)c(O)c3oc(=O)c4c(c(O)c(O)c5oc(=O)c2c3c54)-c2c1cc(O)c(O)c2O. The zero-order valence-corrected chi connectivity index (χ0v) is 27.2. The molecule has 13 N–H and O–H groups in total. The number of phenolic OH excluding ortho intramolecular Hbond substituents is 10. The lowest BCUT2D eigenvalue weighted by atomic mass is 9.88. The summed E-state index contributed by atoms with van der Waals surface area (Å²) < 4.78 is 26.3. The Hall–Kier alpha value is -7.40. The van der Waals surface area contributed by atoms with Gasteiger partial charge in [0.15, 0.2) is 58.1 Å². The molecule has 4 heterocycles. The molecule has 0 saturated carbocycles. The van der Waals surface area contributed by atoms with Crippen molar-refractivity contribution in [2.45, 2.75) is 30.7 Å². The third-order valence-corrected chi connectivity index (χ3v) is 9.58. The summed E-state index contributed by atoms with van der Waals surface area (Å²) in [6, 6.07) is 0.887. The lowest BCUT2D eigenvalue weighted by Crippen LogP contribution is -2.60. The maximum absolute atomic E-state index is 14.0. The summed E-state index contributed by atoms with van der Waals surface area (Å²) in [6.45, 7) is -1.15. The van der Waals surface area contributed by atoms with Gasteiger partial charge in [0.05, 0.1) is 21.9 Å². The number of rotatable bonds is 0. The van der Waals surface area contributed by atoms with Crippen molar-refractivity contribution >= 4 is 44.6 Å². The molecule has 6 bridgehead atoms. The van der Waals surface area contributed by atoms with Crippen LogP contribution in [0, 0.1) is 0 Å². The zero-order chi connectivity index (χ0) is 40.6. The van der Waals surface area contributed by atoms with Gasteiger partial charge in [-0.05, 0) is 12.1 Å². The average Bonchev–Trinajstić information content (AvgIpc) is 3.15. The van der Waals surface area contributed by atoms with Crippen LogP contribution in [0.2, 0.25) is 0 Å². The van der Waals surface area contributed by atoms with Gasteiger partial charge in [-0.1, -0.05) is 0 Å². The molecule has 5 atom stereocenters. The first-order chi connectivity index (χ1) is 26.4. The molecule has 0 radical (unpaired) electrons. The number of carbonyl (C=O) groups is 2. The molecule has 2 aliphatic heterocycles. The molecule has 56 heavy (non-hydrogen) atoms. The summed E-state index contributed by atoms with van der Waals surface area (Å²) in [5, 5.41) is 137. The van der Waals surface area contributed by atoms with Gasteiger partial charge in [0.1, 0.15) is 24.9 Å². The molecular weight excluding hydrogens is 760 g/mol. The highest BCUT2D eigenvalue weighted by Crippen LogP contribution is 2.58. The molecule has 1 unspecified atom stereocenters. The molecule has 8 rings (SSSR count). The Balaban J connectivity index is 1.62. The van der Waals surface area contributed by atoms with Crippen LogP contribution in [0.4, 0.5) is 0 Å². The van der Waals surface area contributed by atoms with Crippen LogP contribution in [0.25, 0.3) is 55.0 Å². The minimum absolute atomic E-state index is 0.424. The fourth-order valence-corrected chi connectivity index (χ4v) is 7.00. The van der Waals surface area contributed by atoms with Crippen molar-refractivity contribution in [3.05, 3.63) is 44.1 Å². The van der Waals surface area contributed by atoms with Gasteiger partial charge in [-0.2, -0.15) is 0 Å². The summed E-state index contributed by atoms with van der Waals surface area (Å²) in [5.41, 5.74) is -11.8. The van der Waals surface area contributed by atoms with E-state index < -0.39 is 184 Å². The summed E-state index contributed by atoms with van der Waals surface area (Å²) in [6.07, 6.45) is -10.9. The van der Waals surface area contributed by atoms with Crippen LogP contribution in [0.1, 0.15) is 20.7 Å². The highest BCUT2D eigenvalue weighted by Gasteiger charge is 2.48. The molecule has 2 aromatic heterocycles. The van der Waals surface area contributed by atoms with Crippen LogP contribution in [-0.4, -0.2) is 116 Å². The van der Waals surface area contributed by atoms with E-state index >= 15 is 0 Å². The number of aliphatic hydroxyl groups excluding tert-OH is 3. The van der Waals surface area contributed by atoms with E-state index in [-0.39, 0.29) is 0 Å². The molecule has 0 aliphatic carbocycles. The first kappa shape index (κ1) is 35.6. The zero-order valence-electron chi connectivity index (χ0n) is 27.2. The lowest BCUT2D eigenvalue weighted by Gasteiger charge is -2.40. The standard InChI is InChI=1S/C34H22O22/c35-6-1-4-9(19(39)17(6)37)11-15-13-14-16(33(50)56-28(13)23(43)21(11)41)12(22(42)24(44)29(14)55-32(15)49)10-5(2-7(36)18(38)20(10)40)31(48)54-27-8(3-52-30(4)47)53-34(51)26(46)25(27)45/h1-2,8,25-27,34-46,51H,3H2/t8-,25-,26-,27-,34?/m0/s1. The van der Waals surface area contributed by atoms with E-state index in [0.29, 0.717) is 12.1 Å². The van der Waals surface area contributed by atoms with Gasteiger partial charge in [0.2, 0.25) is 23.0 Å². The molecule has 1 fully saturated rings. The van der Waals surface area contributed by atoms with E-state index in [1.807, 2.05) is 0 Å². The number of fused-ring (bicyclic) bond motifs is 5. The third-order valence-electron chi connectivity index (χ3n) is 9.58. The van der Waals surface area contributed by atoms with E-state index in [9.17, 15) is 85.6 Å². The van der Waals surface area contributed by atoms with Crippen molar-refractivity contribution in [1.82, 2.24) is 0 Å². The topological polar surface area (TPSA) is 385 Å². The van der Waals surface area contributed by atoms with Crippen LogP contribution < -0.4 is 11.3 Å². The van der Waals surface area contributed by atoms with Gasteiger partial charge >= 0.3 is 23.2 Å². The van der Waals surface area contributed by atoms with Gasteiger partial charge in [0.25, 0.3) is 0 Å². The second-order valence-electron chi connectivity index (χ2n) is 12.6. The molecule has 6 aromatic rings. The molecule has 4 aromatic carbocycles. The Bertz CT molecular complexity index is 2870. The quantitative estimate of drug-likeness (QED) is 0.0418. The minimum atomic E-state index is -2.28. The smallest absolute Gasteiger partial charge is 0.345 e. The summed E-state index contributed by atoms with van der Waals surface area (Å²) in [5.74, 6) is -17.2. The molecule has 2 aliphatic rings. The number of hydrogen-bond acceptors (Lipinski definition) is 22. The van der Waals surface area contributed by atoms with Gasteiger partial charge < -0.3 is 89.4 Å². The second-order valence-corrected chi connectivity index (χ2v) is 12.6. The Morgan fingerprint density at radius 3 is 1.39 bits per heavy atom. The molecule has 22 nitrogen and oxygen atoms in total. The van der Waals surface area contributed by atoms with E-state index in [1.165, 1.54) is 0 Å². The monoisotopic (exact) mass is 782 g/mol. The average molecular weight is 783 g/mol. The maximum Gasteiger partial charge on any atom is 0.345 e. The van der Waals surface area contributed by atoms with Crippen LogP contribution in [0.3, 0.4) is 0 Å². The van der Waals surface area contributed by atoms with Crippen LogP contribution in [0.5, 0.6) is 57.5 Å². The number of hydrogen-bond donors (Lipinski definition) is 13. The molecular formula is C34H22O22. The van der Waals surface area contributed by atoms with Crippen molar-refractivity contribution in [1.29, 1.82) is 0 Å². The normalized spacial score (nSPS) is 21.3. The van der Waals surface area contributed by atoms with Crippen molar-refractivity contribution < 1.29 is 99.0 Å². The number of ether oxygens (including phenoxy) is 3. The fraction of sp³-hybridized carbons (Fsp3) is 0.176. The largest absolute Gasteiger partial charge is 0.504 e. The van der Waals surface area contributed by atoms with Crippen LogP contribution in [-0.2, 0) is 14.2 Å². The maximum atomic E-state index is 14.0. The van der Waals surface area contributed by atoms with Crippen LogP contribution in [0.15, 0.2) is 30.6 Å².